The van der Waals surface area contributed by atoms with Gasteiger partial charge in [-0.15, -0.1) is 0 Å². The number of rotatable bonds is 5. The van der Waals surface area contributed by atoms with Gasteiger partial charge in [0.05, 0.1) is 12.2 Å². The topological polar surface area (TPSA) is 56.8 Å². The minimum atomic E-state index is 0.390. The van der Waals surface area contributed by atoms with Crippen molar-refractivity contribution in [1.29, 1.82) is 0 Å². The number of nitrogens with one attached hydrogen (secondary N) is 1. The van der Waals surface area contributed by atoms with Gasteiger partial charge in [0, 0.05) is 54.9 Å². The lowest BCUT2D eigenvalue weighted by Crippen LogP contribution is -2.50. The number of nitrogens with zero attached hydrogens (tertiary/aromatic N) is 5. The first-order valence-corrected chi connectivity index (χ1v) is 14.0. The quantitative estimate of drug-likeness (QED) is 0.565. The molecule has 37 heavy (non-hydrogen) atoms. The van der Waals surface area contributed by atoms with Crippen LogP contribution in [-0.4, -0.2) is 73.3 Å². The van der Waals surface area contributed by atoms with Gasteiger partial charge in [-0.2, -0.15) is 9.97 Å². The van der Waals surface area contributed by atoms with E-state index in [0.717, 1.165) is 63.6 Å². The molecule has 7 heteroatoms. The van der Waals surface area contributed by atoms with Crippen molar-refractivity contribution in [3.05, 3.63) is 53.2 Å². The molecule has 0 aliphatic carbocycles. The Bertz CT molecular complexity index is 1260. The number of aromatic nitrogens is 2. The number of aryl methyl sites for hydroxylation is 1. The Labute approximate surface area is 220 Å². The number of fused-ring (bicyclic) bond motifs is 2. The Morgan fingerprint density at radius 1 is 1.05 bits per heavy atom. The molecule has 2 aromatic carbocycles. The normalized spacial score (nSPS) is 22.8. The summed E-state index contributed by atoms with van der Waals surface area (Å²) in [6, 6.07) is 14.6. The van der Waals surface area contributed by atoms with Crippen molar-refractivity contribution in [2.75, 3.05) is 56.2 Å². The number of hydrogen-bond acceptors (Lipinski definition) is 7. The third-order valence-electron chi connectivity index (χ3n) is 8.53. The van der Waals surface area contributed by atoms with Gasteiger partial charge in [-0.05, 0) is 70.1 Å². The van der Waals surface area contributed by atoms with Crippen molar-refractivity contribution in [2.45, 2.75) is 58.2 Å². The maximum Gasteiger partial charge on any atom is 0.318 e. The fourth-order valence-corrected chi connectivity index (χ4v) is 6.38. The lowest BCUT2D eigenvalue weighted by Gasteiger charge is -2.36. The SMILES string of the molecule is Cc1cccc2cccc(N3CCCc4c(nc(OC[C@@H]5CCCN5C)nc4N4CCNC[C@@H]4C)C3)c12. The van der Waals surface area contributed by atoms with Crippen molar-refractivity contribution in [3.8, 4) is 6.01 Å². The van der Waals surface area contributed by atoms with Crippen molar-refractivity contribution in [3.63, 3.8) is 0 Å². The Morgan fingerprint density at radius 3 is 2.73 bits per heavy atom. The zero-order chi connectivity index (χ0) is 25.4. The lowest BCUT2D eigenvalue weighted by molar-refractivity contribution is 0.187. The number of hydrogen-bond donors (Lipinski definition) is 1. The molecule has 3 aromatic rings. The summed E-state index contributed by atoms with van der Waals surface area (Å²) in [7, 11) is 2.19. The second kappa shape index (κ2) is 10.5. The zero-order valence-electron chi connectivity index (χ0n) is 22.5. The van der Waals surface area contributed by atoms with E-state index in [9.17, 15) is 0 Å². The van der Waals surface area contributed by atoms with Crippen molar-refractivity contribution in [1.82, 2.24) is 20.2 Å². The van der Waals surface area contributed by atoms with Gasteiger partial charge in [-0.3, -0.25) is 0 Å². The average Bonchev–Trinajstić information content (AvgIpc) is 3.19. The van der Waals surface area contributed by atoms with Gasteiger partial charge >= 0.3 is 6.01 Å². The Kier molecular flexibility index (Phi) is 6.91. The molecule has 4 heterocycles. The summed E-state index contributed by atoms with van der Waals surface area (Å²) >= 11 is 0. The van der Waals surface area contributed by atoms with Crippen LogP contribution in [0.1, 0.15) is 43.0 Å². The molecule has 6 rings (SSSR count). The van der Waals surface area contributed by atoms with Crippen LogP contribution < -0.4 is 19.9 Å². The van der Waals surface area contributed by atoms with Crippen LogP contribution in [0.15, 0.2) is 36.4 Å². The van der Waals surface area contributed by atoms with Gasteiger partial charge in [0.2, 0.25) is 0 Å². The van der Waals surface area contributed by atoms with Gasteiger partial charge in [0.1, 0.15) is 12.4 Å². The number of anilines is 2. The second-order valence-electron chi connectivity index (χ2n) is 11.1. The van der Waals surface area contributed by atoms with Crippen LogP contribution in [0.2, 0.25) is 0 Å². The van der Waals surface area contributed by atoms with Crippen LogP contribution in [-0.2, 0) is 13.0 Å². The van der Waals surface area contributed by atoms with E-state index in [-0.39, 0.29) is 0 Å². The fraction of sp³-hybridized carbons (Fsp3) is 0.533. The molecule has 3 aliphatic heterocycles. The van der Waals surface area contributed by atoms with Gasteiger partial charge in [-0.25, -0.2) is 0 Å². The predicted octanol–water partition coefficient (Wildman–Crippen LogP) is 4.16. The maximum absolute atomic E-state index is 6.34. The second-order valence-corrected chi connectivity index (χ2v) is 11.1. The number of benzene rings is 2. The highest BCUT2D eigenvalue weighted by Gasteiger charge is 2.29. The van der Waals surface area contributed by atoms with Crippen molar-refractivity contribution >= 4 is 22.3 Å². The Hall–Kier alpha value is -2.90. The summed E-state index contributed by atoms with van der Waals surface area (Å²) in [5.41, 5.74) is 5.04. The van der Waals surface area contributed by atoms with E-state index in [1.165, 1.54) is 40.4 Å². The standard InChI is InChI=1S/C30H40N6O/c1-21-8-4-9-23-10-5-13-27(28(21)23)35-16-7-12-25-26(19-35)32-30(37-20-24-11-6-15-34(24)3)33-29(25)36-17-14-31-18-22(36)2/h4-5,8-10,13,22,24,31H,6-7,11-12,14-20H2,1-3H3/t22-,24-/m0/s1. The molecule has 2 atom stereocenters. The van der Waals surface area contributed by atoms with Crippen LogP contribution in [0.4, 0.5) is 11.5 Å². The molecular formula is C30H40N6O. The Morgan fingerprint density at radius 2 is 1.92 bits per heavy atom. The van der Waals surface area contributed by atoms with Crippen molar-refractivity contribution < 1.29 is 4.74 Å². The minimum Gasteiger partial charge on any atom is -0.462 e. The molecule has 0 bridgehead atoms. The van der Waals surface area contributed by atoms with Crippen LogP contribution in [0.3, 0.4) is 0 Å². The van der Waals surface area contributed by atoms with Gasteiger partial charge < -0.3 is 24.8 Å². The summed E-state index contributed by atoms with van der Waals surface area (Å²) in [6.07, 6.45) is 4.49. The summed E-state index contributed by atoms with van der Waals surface area (Å²) in [6.45, 7) is 11.0. The largest absolute Gasteiger partial charge is 0.462 e. The number of ether oxygens (including phenoxy) is 1. The molecule has 196 valence electrons. The number of likely N-dealkylation sites (tertiary alicyclic amines) is 1. The molecule has 0 amide bonds. The third-order valence-corrected chi connectivity index (χ3v) is 8.53. The van der Waals surface area contributed by atoms with E-state index in [4.69, 9.17) is 14.7 Å². The molecule has 7 nitrogen and oxygen atoms in total. The predicted molar refractivity (Wildman–Crippen MR) is 151 cm³/mol. The van der Waals surface area contributed by atoms with E-state index in [2.05, 4.69) is 77.3 Å². The van der Waals surface area contributed by atoms with Crippen LogP contribution in [0.25, 0.3) is 10.8 Å². The van der Waals surface area contributed by atoms with E-state index >= 15 is 0 Å². The number of piperazine rings is 1. The highest BCUT2D eigenvalue weighted by molar-refractivity contribution is 5.96. The number of likely N-dealkylation sites (N-methyl/N-ethyl adjacent to an activating group) is 1. The molecule has 2 fully saturated rings. The fourth-order valence-electron chi connectivity index (χ4n) is 6.38. The van der Waals surface area contributed by atoms with Crippen molar-refractivity contribution in [2.24, 2.45) is 0 Å². The summed E-state index contributed by atoms with van der Waals surface area (Å²) in [5.74, 6) is 1.09. The van der Waals surface area contributed by atoms with Gasteiger partial charge in [0.15, 0.2) is 0 Å². The Balaban J connectivity index is 1.38. The highest BCUT2D eigenvalue weighted by Crippen LogP contribution is 2.35. The summed E-state index contributed by atoms with van der Waals surface area (Å²) in [4.78, 5) is 17.6. The molecular weight excluding hydrogens is 460 g/mol. The summed E-state index contributed by atoms with van der Waals surface area (Å²) < 4.78 is 6.34. The summed E-state index contributed by atoms with van der Waals surface area (Å²) in [5, 5.41) is 6.17. The van der Waals surface area contributed by atoms with Crippen LogP contribution in [0.5, 0.6) is 6.01 Å². The monoisotopic (exact) mass is 500 g/mol. The van der Waals surface area contributed by atoms with Crippen LogP contribution >= 0.6 is 0 Å². The molecule has 0 unspecified atom stereocenters. The molecule has 0 spiro atoms. The third kappa shape index (κ3) is 4.87. The molecule has 1 aromatic heterocycles. The molecule has 1 N–H and O–H groups in total. The molecule has 0 radical (unpaired) electrons. The first-order valence-electron chi connectivity index (χ1n) is 14.0. The van der Waals surface area contributed by atoms with E-state index in [0.29, 0.717) is 24.7 Å². The smallest absolute Gasteiger partial charge is 0.318 e. The first kappa shape index (κ1) is 24.4. The highest BCUT2D eigenvalue weighted by atomic mass is 16.5. The molecule has 3 aliphatic rings. The van der Waals surface area contributed by atoms with Gasteiger partial charge in [-0.1, -0.05) is 30.3 Å². The van der Waals surface area contributed by atoms with Crippen LogP contribution in [0, 0.1) is 6.92 Å². The molecule has 2 saturated heterocycles. The molecule has 0 saturated carbocycles. The average molecular weight is 501 g/mol. The van der Waals surface area contributed by atoms with E-state index in [1.54, 1.807) is 0 Å². The first-order chi connectivity index (χ1) is 18.1. The lowest BCUT2D eigenvalue weighted by atomic mass is 10.0. The van der Waals surface area contributed by atoms with E-state index in [1.807, 2.05) is 0 Å². The minimum absolute atomic E-state index is 0.390. The van der Waals surface area contributed by atoms with Gasteiger partial charge in [0.25, 0.3) is 0 Å². The zero-order valence-corrected chi connectivity index (χ0v) is 22.5. The maximum atomic E-state index is 6.34. The van der Waals surface area contributed by atoms with E-state index < -0.39 is 0 Å².